The summed E-state index contributed by atoms with van der Waals surface area (Å²) in [6.07, 6.45) is 0. The van der Waals surface area contributed by atoms with Crippen molar-refractivity contribution in [1.82, 2.24) is 0 Å². The van der Waals surface area contributed by atoms with Crippen molar-refractivity contribution in [3.05, 3.63) is 108 Å². The van der Waals surface area contributed by atoms with E-state index in [1.54, 1.807) is 42.1 Å². The summed E-state index contributed by atoms with van der Waals surface area (Å²) in [6, 6.07) is 27.3. The number of aryl methyl sites for hydroxylation is 2. The zero-order valence-electron chi connectivity index (χ0n) is 22.9. The van der Waals surface area contributed by atoms with E-state index in [0.29, 0.717) is 11.4 Å². The fraction of sp³-hybridized carbons (Fsp3) is 0.194. The predicted octanol–water partition coefficient (Wildman–Crippen LogP) is 6.45. The molecule has 0 aliphatic carbocycles. The largest absolute Gasteiger partial charge is 0.497 e. The van der Waals surface area contributed by atoms with Gasteiger partial charge in [-0.2, -0.15) is 0 Å². The van der Waals surface area contributed by atoms with Crippen molar-refractivity contribution in [2.24, 2.45) is 0 Å². The van der Waals surface area contributed by atoms with Crippen LogP contribution < -0.4 is 19.1 Å². The highest BCUT2D eigenvalue weighted by Gasteiger charge is 2.30. The lowest BCUT2D eigenvalue weighted by Gasteiger charge is -2.26. The number of hydrogen-bond acceptors (Lipinski definition) is 6. The van der Waals surface area contributed by atoms with Gasteiger partial charge in [-0.3, -0.25) is 9.10 Å². The number of anilines is 2. The smallest absolute Gasteiger partial charge is 0.264 e. The summed E-state index contributed by atoms with van der Waals surface area (Å²) in [5.41, 5.74) is 3.77. The van der Waals surface area contributed by atoms with Crippen LogP contribution in [0.15, 0.2) is 101 Å². The second-order valence-electron chi connectivity index (χ2n) is 9.16. The summed E-state index contributed by atoms with van der Waals surface area (Å²) in [7, 11) is -1.16. The maximum absolute atomic E-state index is 13.8. The summed E-state index contributed by atoms with van der Waals surface area (Å²) >= 11 is 1.73. The second kappa shape index (κ2) is 12.9. The molecule has 0 bridgehead atoms. The molecule has 40 heavy (non-hydrogen) atoms. The Morgan fingerprint density at radius 1 is 0.875 bits per heavy atom. The van der Waals surface area contributed by atoms with Crippen LogP contribution in [0, 0.1) is 13.8 Å². The van der Waals surface area contributed by atoms with Gasteiger partial charge in [-0.1, -0.05) is 48.0 Å². The molecule has 4 aromatic rings. The molecular weight excluding hydrogens is 544 g/mol. The molecular formula is C31H32N2O5S2. The van der Waals surface area contributed by atoms with Gasteiger partial charge in [0.2, 0.25) is 5.91 Å². The molecule has 0 spiro atoms. The minimum Gasteiger partial charge on any atom is -0.497 e. The number of nitrogens with one attached hydrogen (secondary N) is 1. The normalized spacial score (nSPS) is 11.1. The van der Waals surface area contributed by atoms with E-state index >= 15 is 0 Å². The monoisotopic (exact) mass is 576 g/mol. The molecule has 0 aliphatic rings. The first kappa shape index (κ1) is 29.0. The lowest BCUT2D eigenvalue weighted by molar-refractivity contribution is -0.114. The van der Waals surface area contributed by atoms with E-state index in [0.717, 1.165) is 26.7 Å². The van der Waals surface area contributed by atoms with Crippen LogP contribution in [0.5, 0.6) is 11.5 Å². The molecule has 0 saturated heterocycles. The number of carbonyl (C=O) groups is 1. The third kappa shape index (κ3) is 6.97. The summed E-state index contributed by atoms with van der Waals surface area (Å²) in [5, 5.41) is 2.89. The Kier molecular flexibility index (Phi) is 9.39. The van der Waals surface area contributed by atoms with Crippen LogP contribution in [-0.4, -0.2) is 35.1 Å². The van der Waals surface area contributed by atoms with Gasteiger partial charge in [0, 0.05) is 22.4 Å². The third-order valence-electron chi connectivity index (χ3n) is 6.27. The number of sulfonamides is 1. The van der Waals surface area contributed by atoms with E-state index < -0.39 is 22.5 Å². The summed E-state index contributed by atoms with van der Waals surface area (Å²) in [4.78, 5) is 14.6. The molecule has 0 fully saturated rings. The van der Waals surface area contributed by atoms with Gasteiger partial charge < -0.3 is 14.8 Å². The molecule has 0 saturated carbocycles. The van der Waals surface area contributed by atoms with Crippen molar-refractivity contribution in [3.8, 4) is 11.5 Å². The Morgan fingerprint density at radius 3 is 2.25 bits per heavy atom. The van der Waals surface area contributed by atoms with Crippen molar-refractivity contribution < 1.29 is 22.7 Å². The van der Waals surface area contributed by atoms with Crippen LogP contribution in [0.2, 0.25) is 0 Å². The molecule has 4 rings (SSSR count). The van der Waals surface area contributed by atoms with Gasteiger partial charge in [0.15, 0.2) is 0 Å². The molecule has 0 aromatic heterocycles. The van der Waals surface area contributed by atoms with Crippen molar-refractivity contribution in [2.75, 3.05) is 30.4 Å². The number of amides is 1. The fourth-order valence-corrected chi connectivity index (χ4v) is 6.38. The molecule has 9 heteroatoms. The van der Waals surface area contributed by atoms with Gasteiger partial charge in [-0.15, -0.1) is 11.8 Å². The quantitative estimate of drug-likeness (QED) is 0.207. The Morgan fingerprint density at radius 2 is 1.60 bits per heavy atom. The number of methoxy groups -OCH3 is 2. The van der Waals surface area contributed by atoms with Gasteiger partial charge in [-0.25, -0.2) is 8.42 Å². The number of benzene rings is 4. The maximum Gasteiger partial charge on any atom is 0.264 e. The van der Waals surface area contributed by atoms with E-state index in [1.807, 2.05) is 50.2 Å². The highest BCUT2D eigenvalue weighted by Crippen LogP contribution is 2.35. The standard InChI is InChI=1S/C31H32N2O5S2/c1-22-10-14-27(15-11-22)40(35,36)33(29-17-13-25(37-3)19-30(29)38-4)20-31(34)32-28-16-12-24(18-23(28)2)21-39-26-8-6-5-7-9-26/h5-19H,20-21H2,1-4H3,(H,32,34). The first-order valence-corrected chi connectivity index (χ1v) is 15.0. The van der Waals surface area contributed by atoms with E-state index in [9.17, 15) is 13.2 Å². The number of carbonyl (C=O) groups excluding carboxylic acids is 1. The first-order chi connectivity index (χ1) is 19.2. The number of rotatable bonds is 11. The third-order valence-corrected chi connectivity index (χ3v) is 9.12. The predicted molar refractivity (Wildman–Crippen MR) is 161 cm³/mol. The molecule has 4 aromatic carbocycles. The molecule has 0 unspecified atom stereocenters. The summed E-state index contributed by atoms with van der Waals surface area (Å²) in [6.45, 7) is 3.34. The molecule has 1 N–H and O–H groups in total. The zero-order valence-corrected chi connectivity index (χ0v) is 24.5. The number of hydrogen-bond donors (Lipinski definition) is 1. The molecule has 208 valence electrons. The van der Waals surface area contributed by atoms with Crippen LogP contribution >= 0.6 is 11.8 Å². The van der Waals surface area contributed by atoms with Gasteiger partial charge >= 0.3 is 0 Å². The van der Waals surface area contributed by atoms with Crippen LogP contribution in [-0.2, 0) is 20.6 Å². The molecule has 0 heterocycles. The number of ether oxygens (including phenoxy) is 2. The van der Waals surface area contributed by atoms with Gasteiger partial charge in [0.05, 0.1) is 24.8 Å². The lowest BCUT2D eigenvalue weighted by atomic mass is 10.1. The van der Waals surface area contributed by atoms with Crippen molar-refractivity contribution in [2.45, 2.75) is 29.4 Å². The van der Waals surface area contributed by atoms with Crippen LogP contribution in [0.3, 0.4) is 0 Å². The van der Waals surface area contributed by atoms with E-state index in [1.165, 1.54) is 31.2 Å². The molecule has 0 radical (unpaired) electrons. The number of nitrogens with zero attached hydrogens (tertiary/aromatic N) is 1. The zero-order chi connectivity index (χ0) is 28.7. The molecule has 0 aliphatic heterocycles. The second-order valence-corrected chi connectivity index (χ2v) is 12.1. The van der Waals surface area contributed by atoms with E-state index in [-0.39, 0.29) is 16.3 Å². The fourth-order valence-electron chi connectivity index (χ4n) is 4.09. The maximum atomic E-state index is 13.8. The first-order valence-electron chi connectivity index (χ1n) is 12.6. The lowest BCUT2D eigenvalue weighted by Crippen LogP contribution is -2.38. The van der Waals surface area contributed by atoms with Crippen molar-refractivity contribution in [1.29, 1.82) is 0 Å². The van der Waals surface area contributed by atoms with E-state index in [2.05, 4.69) is 17.4 Å². The Bertz CT molecular complexity index is 1570. The van der Waals surface area contributed by atoms with Gasteiger partial charge in [0.25, 0.3) is 10.0 Å². The molecule has 1 amide bonds. The average Bonchev–Trinajstić information content (AvgIpc) is 2.96. The molecule has 0 atom stereocenters. The Labute approximate surface area is 240 Å². The summed E-state index contributed by atoms with van der Waals surface area (Å²) in [5.74, 6) is 1.07. The van der Waals surface area contributed by atoms with Crippen LogP contribution in [0.1, 0.15) is 16.7 Å². The summed E-state index contributed by atoms with van der Waals surface area (Å²) < 4.78 is 39.4. The SMILES string of the molecule is COc1ccc(N(CC(=O)Nc2ccc(CSc3ccccc3)cc2C)S(=O)(=O)c2ccc(C)cc2)c(OC)c1. The highest BCUT2D eigenvalue weighted by molar-refractivity contribution is 7.98. The van der Waals surface area contributed by atoms with Crippen molar-refractivity contribution in [3.63, 3.8) is 0 Å². The Hall–Kier alpha value is -3.95. The average molecular weight is 577 g/mol. The minimum absolute atomic E-state index is 0.0696. The van der Waals surface area contributed by atoms with Crippen LogP contribution in [0.25, 0.3) is 0 Å². The van der Waals surface area contributed by atoms with Crippen molar-refractivity contribution >= 4 is 39.1 Å². The van der Waals surface area contributed by atoms with E-state index in [4.69, 9.17) is 9.47 Å². The topological polar surface area (TPSA) is 84.9 Å². The van der Waals surface area contributed by atoms with Crippen LogP contribution in [0.4, 0.5) is 11.4 Å². The number of thioether (sulfide) groups is 1. The molecule has 7 nitrogen and oxygen atoms in total. The minimum atomic E-state index is -4.11. The van der Waals surface area contributed by atoms with Gasteiger partial charge in [0.1, 0.15) is 18.0 Å². The Balaban J connectivity index is 1.58. The van der Waals surface area contributed by atoms with Gasteiger partial charge in [-0.05, 0) is 67.4 Å². The highest BCUT2D eigenvalue weighted by atomic mass is 32.2.